The summed E-state index contributed by atoms with van der Waals surface area (Å²) in [5.41, 5.74) is 0.571. The summed E-state index contributed by atoms with van der Waals surface area (Å²) in [6.07, 6.45) is 9.73. The molecule has 7 nitrogen and oxygen atoms in total. The van der Waals surface area contributed by atoms with Crippen LogP contribution in [-0.2, 0) is 4.79 Å². The quantitative estimate of drug-likeness (QED) is 0.847. The van der Waals surface area contributed by atoms with Crippen molar-refractivity contribution in [2.75, 3.05) is 24.5 Å². The second-order valence-corrected chi connectivity index (χ2v) is 8.45. The molecule has 2 aromatic rings. The molecule has 3 aliphatic rings. The molecule has 2 aromatic heterocycles. The molecule has 0 bridgehead atoms. The molecule has 1 saturated carbocycles. The number of H-pyrrole nitrogens is 1. The summed E-state index contributed by atoms with van der Waals surface area (Å²) in [6.45, 7) is 2.54. The number of aromatic amines is 1. The third-order valence-corrected chi connectivity index (χ3v) is 6.86. The van der Waals surface area contributed by atoms with Crippen LogP contribution in [0.1, 0.15) is 44.9 Å². The van der Waals surface area contributed by atoms with Gasteiger partial charge in [-0.3, -0.25) is 4.79 Å². The predicted molar refractivity (Wildman–Crippen MR) is 102 cm³/mol. The normalized spacial score (nSPS) is 32.0. The third-order valence-electron chi connectivity index (χ3n) is 6.86. The molecule has 0 aromatic carbocycles. The number of piperidine rings is 1. The molecule has 0 unspecified atom stereocenters. The first-order valence-electron chi connectivity index (χ1n) is 10.2. The van der Waals surface area contributed by atoms with Crippen molar-refractivity contribution in [1.82, 2.24) is 19.9 Å². The van der Waals surface area contributed by atoms with Gasteiger partial charge in [-0.1, -0.05) is 0 Å². The number of anilines is 1. The minimum Gasteiger partial charge on any atom is -0.393 e. The van der Waals surface area contributed by atoms with Crippen molar-refractivity contribution in [3.63, 3.8) is 0 Å². The van der Waals surface area contributed by atoms with E-state index in [0.717, 1.165) is 81.4 Å². The minimum absolute atomic E-state index is 0.181. The van der Waals surface area contributed by atoms with Crippen LogP contribution in [0.15, 0.2) is 18.6 Å². The summed E-state index contributed by atoms with van der Waals surface area (Å²) >= 11 is 0. The van der Waals surface area contributed by atoms with Crippen LogP contribution in [0.3, 0.4) is 0 Å². The molecule has 1 atom stereocenters. The van der Waals surface area contributed by atoms with E-state index in [0.29, 0.717) is 11.9 Å². The Morgan fingerprint density at radius 2 is 2.00 bits per heavy atom. The molecule has 4 heterocycles. The summed E-state index contributed by atoms with van der Waals surface area (Å²) in [5, 5.41) is 10.8. The van der Waals surface area contributed by atoms with E-state index in [1.807, 2.05) is 12.3 Å². The maximum atomic E-state index is 13.5. The Balaban J connectivity index is 1.37. The Hall–Kier alpha value is -2.15. The molecule has 1 amide bonds. The van der Waals surface area contributed by atoms with Gasteiger partial charge in [0, 0.05) is 31.9 Å². The summed E-state index contributed by atoms with van der Waals surface area (Å²) in [7, 11) is 0. The number of aliphatic hydroxyl groups is 1. The number of nitrogens with one attached hydrogen (secondary N) is 1. The smallest absolute Gasteiger partial charge is 0.230 e. The highest BCUT2D eigenvalue weighted by molar-refractivity contribution is 5.89. The summed E-state index contributed by atoms with van der Waals surface area (Å²) < 4.78 is 0. The lowest BCUT2D eigenvalue weighted by atomic mass is 9.78. The molecule has 2 N–H and O–H groups in total. The molecule has 27 heavy (non-hydrogen) atoms. The van der Waals surface area contributed by atoms with Gasteiger partial charge in [0.25, 0.3) is 0 Å². The highest BCUT2D eigenvalue weighted by atomic mass is 16.3. The van der Waals surface area contributed by atoms with Gasteiger partial charge in [0.15, 0.2) is 0 Å². The van der Waals surface area contributed by atoms with Crippen LogP contribution < -0.4 is 4.90 Å². The third kappa shape index (κ3) is 2.79. The summed E-state index contributed by atoms with van der Waals surface area (Å²) in [6, 6.07) is 2.33. The lowest BCUT2D eigenvalue weighted by Crippen LogP contribution is -2.50. The highest BCUT2D eigenvalue weighted by Gasteiger charge is 2.50. The molecule has 7 heteroatoms. The SMILES string of the molecule is O=C1N([C@H]2CC[C@H](O)CC2)CC[C@]12CCCN(c1ncnc3[nH]ccc13)C2. The number of carbonyl (C=O) groups is 1. The second kappa shape index (κ2) is 6.48. The highest BCUT2D eigenvalue weighted by Crippen LogP contribution is 2.43. The van der Waals surface area contributed by atoms with Crippen molar-refractivity contribution in [2.45, 2.75) is 57.1 Å². The first-order valence-corrected chi connectivity index (χ1v) is 10.2. The Morgan fingerprint density at radius 1 is 1.15 bits per heavy atom. The van der Waals surface area contributed by atoms with Crippen molar-refractivity contribution in [3.8, 4) is 0 Å². The van der Waals surface area contributed by atoms with Crippen LogP contribution in [0.4, 0.5) is 5.82 Å². The van der Waals surface area contributed by atoms with Crippen molar-refractivity contribution in [3.05, 3.63) is 18.6 Å². The lowest BCUT2D eigenvalue weighted by Gasteiger charge is -2.41. The maximum Gasteiger partial charge on any atom is 0.230 e. The molecule has 2 saturated heterocycles. The lowest BCUT2D eigenvalue weighted by molar-refractivity contribution is -0.139. The Morgan fingerprint density at radius 3 is 2.85 bits per heavy atom. The van der Waals surface area contributed by atoms with E-state index in [9.17, 15) is 9.90 Å². The van der Waals surface area contributed by atoms with Crippen LogP contribution >= 0.6 is 0 Å². The van der Waals surface area contributed by atoms with E-state index in [4.69, 9.17) is 0 Å². The Kier molecular flexibility index (Phi) is 4.07. The van der Waals surface area contributed by atoms with Crippen LogP contribution in [0, 0.1) is 5.41 Å². The van der Waals surface area contributed by atoms with E-state index in [2.05, 4.69) is 24.8 Å². The predicted octanol–water partition coefficient (Wildman–Crippen LogP) is 2.08. The molecular weight excluding hydrogens is 342 g/mol. The Labute approximate surface area is 158 Å². The van der Waals surface area contributed by atoms with Crippen molar-refractivity contribution >= 4 is 22.8 Å². The van der Waals surface area contributed by atoms with Gasteiger partial charge in [0.1, 0.15) is 17.8 Å². The van der Waals surface area contributed by atoms with E-state index in [1.165, 1.54) is 0 Å². The van der Waals surface area contributed by atoms with Crippen LogP contribution in [0.5, 0.6) is 0 Å². The monoisotopic (exact) mass is 369 g/mol. The number of carbonyl (C=O) groups excluding carboxylic acids is 1. The molecule has 2 aliphatic heterocycles. The average molecular weight is 369 g/mol. The fourth-order valence-electron chi connectivity index (χ4n) is 5.37. The van der Waals surface area contributed by atoms with Gasteiger partial charge in [0.05, 0.1) is 16.9 Å². The fraction of sp³-hybridized carbons (Fsp3) is 0.650. The minimum atomic E-state index is -0.276. The van der Waals surface area contributed by atoms with E-state index in [-0.39, 0.29) is 11.5 Å². The molecule has 3 fully saturated rings. The second-order valence-electron chi connectivity index (χ2n) is 8.45. The number of aliphatic hydroxyl groups excluding tert-OH is 1. The van der Waals surface area contributed by atoms with E-state index in [1.54, 1.807) is 6.33 Å². The van der Waals surface area contributed by atoms with Crippen LogP contribution in [0.25, 0.3) is 11.0 Å². The zero-order valence-electron chi connectivity index (χ0n) is 15.6. The molecule has 1 spiro atoms. The molecular formula is C20H27N5O2. The van der Waals surface area contributed by atoms with Gasteiger partial charge in [-0.05, 0) is 51.0 Å². The van der Waals surface area contributed by atoms with Crippen LogP contribution in [-0.4, -0.2) is 62.6 Å². The van der Waals surface area contributed by atoms with Gasteiger partial charge in [-0.15, -0.1) is 0 Å². The Bertz CT molecular complexity index is 844. The van der Waals surface area contributed by atoms with E-state index < -0.39 is 0 Å². The summed E-state index contributed by atoms with van der Waals surface area (Å²) in [4.78, 5) is 29.8. The number of rotatable bonds is 2. The molecule has 144 valence electrons. The van der Waals surface area contributed by atoms with Gasteiger partial charge in [0.2, 0.25) is 5.91 Å². The van der Waals surface area contributed by atoms with Crippen molar-refractivity contribution in [1.29, 1.82) is 0 Å². The number of fused-ring (bicyclic) bond motifs is 1. The van der Waals surface area contributed by atoms with E-state index >= 15 is 0 Å². The largest absolute Gasteiger partial charge is 0.393 e. The number of aromatic nitrogens is 3. The molecule has 0 radical (unpaired) electrons. The maximum absolute atomic E-state index is 13.5. The number of amides is 1. The van der Waals surface area contributed by atoms with Crippen molar-refractivity contribution < 1.29 is 9.90 Å². The van der Waals surface area contributed by atoms with Crippen LogP contribution in [0.2, 0.25) is 0 Å². The standard InChI is InChI=1S/C20H27N5O2/c26-15-4-2-14(3-5-15)25-11-8-20(19(25)27)7-1-10-24(12-20)18-16-6-9-21-17(16)22-13-23-18/h6,9,13-15,26H,1-5,7-8,10-12H2,(H,21,22,23)/t14-,15-,20-/m0/s1. The van der Waals surface area contributed by atoms with Gasteiger partial charge >= 0.3 is 0 Å². The number of hydrogen-bond donors (Lipinski definition) is 2. The first-order chi connectivity index (χ1) is 13.2. The zero-order valence-corrected chi connectivity index (χ0v) is 15.6. The topological polar surface area (TPSA) is 85.3 Å². The first kappa shape index (κ1) is 17.0. The van der Waals surface area contributed by atoms with Gasteiger partial charge in [-0.2, -0.15) is 0 Å². The van der Waals surface area contributed by atoms with Gasteiger partial charge < -0.3 is 19.9 Å². The molecule has 5 rings (SSSR count). The van der Waals surface area contributed by atoms with Gasteiger partial charge in [-0.25, -0.2) is 9.97 Å². The summed E-state index contributed by atoms with van der Waals surface area (Å²) in [5.74, 6) is 1.26. The number of likely N-dealkylation sites (tertiary alicyclic amines) is 1. The molecule has 1 aliphatic carbocycles. The van der Waals surface area contributed by atoms with Crippen molar-refractivity contribution in [2.24, 2.45) is 5.41 Å². The zero-order chi connectivity index (χ0) is 18.4. The fourth-order valence-corrected chi connectivity index (χ4v) is 5.37. The number of hydrogen-bond acceptors (Lipinski definition) is 5. The number of nitrogens with zero attached hydrogens (tertiary/aromatic N) is 4. The average Bonchev–Trinajstić information content (AvgIpc) is 3.29.